The maximum atomic E-state index is 12.6. The molecule has 0 spiro atoms. The molecule has 1 amide bonds. The Morgan fingerprint density at radius 1 is 1.53 bits per heavy atom. The first kappa shape index (κ1) is 13.1. The fraction of sp³-hybridized carbons (Fsp3) is 0.667. The van der Waals surface area contributed by atoms with E-state index in [2.05, 4.69) is 18.4 Å². The maximum Gasteiger partial charge on any atom is 0.226 e. The Morgan fingerprint density at radius 2 is 2.37 bits per heavy atom. The first-order valence-electron chi connectivity index (χ1n) is 7.17. The van der Waals surface area contributed by atoms with Gasteiger partial charge < -0.3 is 10.0 Å². The molecule has 3 atom stereocenters. The van der Waals surface area contributed by atoms with Crippen molar-refractivity contribution in [1.82, 2.24) is 4.90 Å². The number of nitrogens with zero attached hydrogens (tertiary/aromatic N) is 1. The number of rotatable bonds is 3. The minimum Gasteiger partial charge on any atom is -0.394 e. The van der Waals surface area contributed by atoms with Gasteiger partial charge in [-0.1, -0.05) is 0 Å². The summed E-state index contributed by atoms with van der Waals surface area (Å²) in [4.78, 5) is 15.9. The summed E-state index contributed by atoms with van der Waals surface area (Å²) in [5.74, 6) is 0.884. The lowest BCUT2D eigenvalue weighted by molar-refractivity contribution is -0.137. The Hall–Kier alpha value is -0.870. The van der Waals surface area contributed by atoms with Gasteiger partial charge in [-0.15, -0.1) is 11.3 Å². The van der Waals surface area contributed by atoms with E-state index in [-0.39, 0.29) is 24.5 Å². The number of hydrogen-bond acceptors (Lipinski definition) is 3. The summed E-state index contributed by atoms with van der Waals surface area (Å²) in [6.07, 6.45) is 4.16. The number of hydrogen-bond donors (Lipinski definition) is 1. The second-order valence-corrected chi connectivity index (χ2v) is 6.73. The monoisotopic (exact) mass is 279 g/mol. The molecule has 1 aromatic heterocycles. The van der Waals surface area contributed by atoms with E-state index >= 15 is 0 Å². The molecule has 1 N–H and O–H groups in total. The number of carbonyl (C=O) groups excluding carboxylic acids is 1. The van der Waals surface area contributed by atoms with E-state index in [0.717, 1.165) is 32.2 Å². The van der Waals surface area contributed by atoms with E-state index in [1.54, 1.807) is 11.3 Å². The highest BCUT2D eigenvalue weighted by Gasteiger charge is 2.48. The van der Waals surface area contributed by atoms with Crippen molar-refractivity contribution in [2.24, 2.45) is 5.92 Å². The van der Waals surface area contributed by atoms with Crippen molar-refractivity contribution >= 4 is 17.2 Å². The molecular weight excluding hydrogens is 258 g/mol. The third-order valence-electron chi connectivity index (χ3n) is 4.47. The van der Waals surface area contributed by atoms with Gasteiger partial charge in [0.2, 0.25) is 5.91 Å². The molecule has 1 aliphatic carbocycles. The average molecular weight is 279 g/mol. The van der Waals surface area contributed by atoms with Crippen LogP contribution in [-0.4, -0.2) is 35.1 Å². The number of likely N-dealkylation sites (tertiary alicyclic amines) is 1. The molecule has 4 heteroatoms. The molecular formula is C15H21NO2S. The molecule has 3 rings (SSSR count). The van der Waals surface area contributed by atoms with Gasteiger partial charge in [-0.2, -0.15) is 0 Å². The standard InChI is InChI=1S/C15H21NO2S/c1-10-5-7-19-14(10)12-8-13(12)15(18)16-6-3-2-4-11(16)9-17/h5,7,11-13,17H,2-4,6,8-9H2,1H3/t11-,12-,13-/m1/s1. The summed E-state index contributed by atoms with van der Waals surface area (Å²) in [7, 11) is 0. The first-order valence-corrected chi connectivity index (χ1v) is 8.05. The zero-order chi connectivity index (χ0) is 13.4. The van der Waals surface area contributed by atoms with Crippen LogP contribution in [0, 0.1) is 12.8 Å². The van der Waals surface area contributed by atoms with Crippen LogP contribution < -0.4 is 0 Å². The molecule has 3 nitrogen and oxygen atoms in total. The molecule has 2 aliphatic rings. The first-order chi connectivity index (χ1) is 9.22. The van der Waals surface area contributed by atoms with Crippen LogP contribution in [0.3, 0.4) is 0 Å². The summed E-state index contributed by atoms with van der Waals surface area (Å²) in [6, 6.07) is 2.20. The Morgan fingerprint density at radius 3 is 3.05 bits per heavy atom. The number of piperidine rings is 1. The smallest absolute Gasteiger partial charge is 0.226 e. The van der Waals surface area contributed by atoms with E-state index in [0.29, 0.717) is 5.92 Å². The summed E-state index contributed by atoms with van der Waals surface area (Å²) in [5, 5.41) is 11.5. The fourth-order valence-electron chi connectivity index (χ4n) is 3.22. The van der Waals surface area contributed by atoms with Crippen LogP contribution >= 0.6 is 11.3 Å². The largest absolute Gasteiger partial charge is 0.394 e. The normalized spacial score (nSPS) is 30.4. The lowest BCUT2D eigenvalue weighted by atomic mass is 10.0. The minimum absolute atomic E-state index is 0.0620. The van der Waals surface area contributed by atoms with Crippen LogP contribution in [-0.2, 0) is 4.79 Å². The number of carbonyl (C=O) groups is 1. The molecule has 2 heterocycles. The van der Waals surface area contributed by atoms with Crippen LogP contribution in [0.4, 0.5) is 0 Å². The number of aliphatic hydroxyl groups is 1. The van der Waals surface area contributed by atoms with Gasteiger partial charge in [0.05, 0.1) is 12.6 Å². The van der Waals surface area contributed by atoms with Gasteiger partial charge in [-0.25, -0.2) is 0 Å². The summed E-state index contributed by atoms with van der Waals surface area (Å²) < 4.78 is 0. The highest BCUT2D eigenvalue weighted by atomic mass is 32.1. The van der Waals surface area contributed by atoms with Crippen LogP contribution in [0.5, 0.6) is 0 Å². The molecule has 0 bridgehead atoms. The highest BCUT2D eigenvalue weighted by Crippen LogP contribution is 2.51. The second-order valence-electron chi connectivity index (χ2n) is 5.78. The molecule has 1 saturated carbocycles. The lowest BCUT2D eigenvalue weighted by Crippen LogP contribution is -2.46. The third-order valence-corrected chi connectivity index (χ3v) is 5.62. The second kappa shape index (κ2) is 5.25. The zero-order valence-electron chi connectivity index (χ0n) is 11.3. The molecule has 19 heavy (non-hydrogen) atoms. The molecule has 0 aromatic carbocycles. The van der Waals surface area contributed by atoms with Crippen molar-refractivity contribution in [1.29, 1.82) is 0 Å². The van der Waals surface area contributed by atoms with Gasteiger partial charge in [-0.05, 0) is 49.6 Å². The topological polar surface area (TPSA) is 40.5 Å². The summed E-state index contributed by atoms with van der Waals surface area (Å²) in [5.41, 5.74) is 1.32. The van der Waals surface area contributed by atoms with Gasteiger partial charge in [0.15, 0.2) is 0 Å². The van der Waals surface area contributed by atoms with Gasteiger partial charge in [0.1, 0.15) is 0 Å². The van der Waals surface area contributed by atoms with E-state index in [4.69, 9.17) is 0 Å². The average Bonchev–Trinajstić information content (AvgIpc) is 3.12. The van der Waals surface area contributed by atoms with Crippen molar-refractivity contribution in [3.63, 3.8) is 0 Å². The van der Waals surface area contributed by atoms with Gasteiger partial charge in [-0.3, -0.25) is 4.79 Å². The van der Waals surface area contributed by atoms with E-state index in [1.807, 2.05) is 4.90 Å². The van der Waals surface area contributed by atoms with E-state index in [9.17, 15) is 9.90 Å². The van der Waals surface area contributed by atoms with Crippen LogP contribution in [0.25, 0.3) is 0 Å². The summed E-state index contributed by atoms with van der Waals surface area (Å²) >= 11 is 1.77. The van der Waals surface area contributed by atoms with Crippen molar-refractivity contribution in [2.45, 2.75) is 44.6 Å². The Balaban J connectivity index is 1.67. The predicted molar refractivity (Wildman–Crippen MR) is 76.3 cm³/mol. The SMILES string of the molecule is Cc1ccsc1[C@@H]1C[C@H]1C(=O)N1CCCC[C@@H]1CO. The van der Waals surface area contributed by atoms with Crippen molar-refractivity contribution in [3.8, 4) is 0 Å². The van der Waals surface area contributed by atoms with Crippen LogP contribution in [0.2, 0.25) is 0 Å². The lowest BCUT2D eigenvalue weighted by Gasteiger charge is -2.35. The van der Waals surface area contributed by atoms with Crippen molar-refractivity contribution < 1.29 is 9.90 Å². The predicted octanol–water partition coefficient (Wildman–Crippen LogP) is 2.53. The molecule has 2 fully saturated rings. The number of aryl methyl sites for hydroxylation is 1. The van der Waals surface area contributed by atoms with Gasteiger partial charge in [0, 0.05) is 23.3 Å². The van der Waals surface area contributed by atoms with Crippen LogP contribution in [0.1, 0.15) is 42.0 Å². The van der Waals surface area contributed by atoms with Crippen molar-refractivity contribution in [3.05, 3.63) is 21.9 Å². The molecule has 1 aliphatic heterocycles. The Kier molecular flexibility index (Phi) is 3.63. The highest BCUT2D eigenvalue weighted by molar-refractivity contribution is 7.10. The molecule has 104 valence electrons. The zero-order valence-corrected chi connectivity index (χ0v) is 12.2. The third kappa shape index (κ3) is 2.43. The number of amides is 1. The van der Waals surface area contributed by atoms with E-state index < -0.39 is 0 Å². The molecule has 0 unspecified atom stereocenters. The van der Waals surface area contributed by atoms with Gasteiger partial charge >= 0.3 is 0 Å². The molecule has 1 saturated heterocycles. The summed E-state index contributed by atoms with van der Waals surface area (Å²) in [6.45, 7) is 3.07. The van der Waals surface area contributed by atoms with Gasteiger partial charge in [0.25, 0.3) is 0 Å². The molecule has 1 aromatic rings. The minimum atomic E-state index is 0.0620. The quantitative estimate of drug-likeness (QED) is 0.923. The molecule has 0 radical (unpaired) electrons. The van der Waals surface area contributed by atoms with Crippen molar-refractivity contribution in [2.75, 3.05) is 13.2 Å². The number of thiophene rings is 1. The Labute approximate surface area is 118 Å². The van der Waals surface area contributed by atoms with E-state index in [1.165, 1.54) is 10.4 Å². The maximum absolute atomic E-state index is 12.6. The fourth-order valence-corrected chi connectivity index (χ4v) is 4.32. The Bertz CT molecular complexity index is 470. The van der Waals surface area contributed by atoms with Crippen LogP contribution in [0.15, 0.2) is 11.4 Å². The number of aliphatic hydroxyl groups excluding tert-OH is 1.